The van der Waals surface area contributed by atoms with Crippen molar-refractivity contribution in [1.29, 1.82) is 0 Å². The van der Waals surface area contributed by atoms with Crippen LogP contribution in [-0.4, -0.2) is 4.98 Å². The summed E-state index contributed by atoms with van der Waals surface area (Å²) in [4.78, 5) is 4.73. The molecule has 3 aromatic rings. The van der Waals surface area contributed by atoms with Gasteiger partial charge in [-0.1, -0.05) is 92.7 Å². The van der Waals surface area contributed by atoms with Gasteiger partial charge in [0.1, 0.15) is 0 Å². The average Bonchev–Trinajstić information content (AvgIpc) is 2.77. The molecule has 0 spiro atoms. The molecule has 0 unspecified atom stereocenters. The van der Waals surface area contributed by atoms with Crippen LogP contribution in [0.5, 0.6) is 0 Å². The van der Waals surface area contributed by atoms with Crippen LogP contribution in [0.3, 0.4) is 0 Å². The third-order valence-corrected chi connectivity index (χ3v) is 4.43. The van der Waals surface area contributed by atoms with Crippen LogP contribution in [0.25, 0.3) is 10.6 Å². The Hall–Kier alpha value is -1.35. The first-order valence-corrected chi connectivity index (χ1v) is 16.0. The molecule has 0 aliphatic rings. The first-order chi connectivity index (χ1) is 14.2. The van der Waals surface area contributed by atoms with E-state index in [4.69, 9.17) is 32.6 Å². The molecule has 0 N–H and O–H groups in total. The monoisotopic (exact) mass is 503 g/mol. The van der Waals surface area contributed by atoms with Crippen LogP contribution in [0.2, 0.25) is 0 Å². The second kappa shape index (κ2) is 13.8. The van der Waals surface area contributed by atoms with Gasteiger partial charge >= 0.3 is 37.9 Å². The standard InChI is InChI=1S/C23H25N3.2ClH.Zr/c1-3-18-10-5-7-14-22(18)24-16-20-12-9-13-21(26-20)17-25-23-15-8-6-11-19(23)4-2;;;/h5-15H,3-4,16-17H2,1-2H3;2*1H;/q-2;;;+4/p-2. The fourth-order valence-corrected chi connectivity index (χ4v) is 2.97. The van der Waals surface area contributed by atoms with Crippen molar-refractivity contribution in [3.05, 3.63) is 99.9 Å². The van der Waals surface area contributed by atoms with Crippen molar-refractivity contribution < 1.29 is 20.8 Å². The van der Waals surface area contributed by atoms with Crippen molar-refractivity contribution >= 4 is 28.4 Å². The number of nitrogens with zero attached hydrogens (tertiary/aromatic N) is 3. The predicted octanol–water partition coefficient (Wildman–Crippen LogP) is 7.99. The molecular formula is C23H25Cl2N3Zr. The van der Waals surface area contributed by atoms with E-state index in [1.807, 2.05) is 30.3 Å². The number of pyridine rings is 1. The van der Waals surface area contributed by atoms with Gasteiger partial charge in [-0.3, -0.25) is 4.98 Å². The number of aromatic nitrogens is 1. The fourth-order valence-electron chi connectivity index (χ4n) is 2.97. The maximum absolute atomic E-state index is 4.93. The van der Waals surface area contributed by atoms with Crippen molar-refractivity contribution in [2.45, 2.75) is 39.8 Å². The van der Waals surface area contributed by atoms with Crippen LogP contribution in [0.1, 0.15) is 36.4 Å². The molecule has 0 saturated carbocycles. The molecule has 150 valence electrons. The van der Waals surface area contributed by atoms with Gasteiger partial charge in [0.25, 0.3) is 0 Å². The van der Waals surface area contributed by atoms with Gasteiger partial charge in [0, 0.05) is 11.4 Å². The van der Waals surface area contributed by atoms with Gasteiger partial charge in [-0.2, -0.15) is 0 Å². The summed E-state index contributed by atoms with van der Waals surface area (Å²) in [7, 11) is 9.87. The third-order valence-electron chi connectivity index (χ3n) is 4.43. The minimum absolute atomic E-state index is 0.594. The predicted molar refractivity (Wildman–Crippen MR) is 121 cm³/mol. The summed E-state index contributed by atoms with van der Waals surface area (Å²) in [6, 6.07) is 22.7. The van der Waals surface area contributed by atoms with Crippen LogP contribution in [0.15, 0.2) is 66.7 Å². The number of hydrogen-bond donors (Lipinski definition) is 0. The number of halogens is 2. The van der Waals surface area contributed by atoms with Crippen molar-refractivity contribution in [2.24, 2.45) is 0 Å². The van der Waals surface area contributed by atoms with E-state index in [-0.39, 0.29) is 0 Å². The second-order valence-corrected chi connectivity index (χ2v) is 10.0. The van der Waals surface area contributed by atoms with E-state index in [0.717, 1.165) is 35.6 Å². The number of hydrogen-bond acceptors (Lipinski definition) is 1. The number of rotatable bonds is 8. The fraction of sp³-hybridized carbons (Fsp3) is 0.261. The zero-order chi connectivity index (χ0) is 20.9. The Morgan fingerprint density at radius 1 is 0.690 bits per heavy atom. The molecule has 0 amide bonds. The van der Waals surface area contributed by atoms with E-state index < -0.39 is 20.8 Å². The minimum atomic E-state index is -0.826. The number of para-hydroxylation sites is 2. The van der Waals surface area contributed by atoms with Gasteiger partial charge in [0.15, 0.2) is 0 Å². The molecule has 1 aromatic heterocycles. The first-order valence-electron chi connectivity index (χ1n) is 9.63. The molecule has 0 fully saturated rings. The quantitative estimate of drug-likeness (QED) is 0.306. The molecule has 3 rings (SSSR count). The van der Waals surface area contributed by atoms with Gasteiger partial charge in [-0.05, 0) is 25.0 Å². The summed E-state index contributed by atoms with van der Waals surface area (Å²) < 4.78 is 0. The van der Waals surface area contributed by atoms with E-state index in [9.17, 15) is 0 Å². The summed E-state index contributed by atoms with van der Waals surface area (Å²) in [6.45, 7) is 5.50. The molecule has 0 atom stereocenters. The second-order valence-electron chi connectivity index (χ2n) is 6.29. The Balaban J connectivity index is 0.000000941. The summed E-state index contributed by atoms with van der Waals surface area (Å²) in [5.41, 5.74) is 6.62. The van der Waals surface area contributed by atoms with Crippen LogP contribution >= 0.6 is 17.0 Å². The van der Waals surface area contributed by atoms with Gasteiger partial charge in [0.05, 0.1) is 0 Å². The van der Waals surface area contributed by atoms with Crippen LogP contribution < -0.4 is 0 Å². The molecule has 3 nitrogen and oxygen atoms in total. The normalized spacial score (nSPS) is 9.79. The molecular weight excluding hydrogens is 480 g/mol. The Labute approximate surface area is 192 Å². The molecule has 2 aromatic carbocycles. The maximum atomic E-state index is 4.93. The molecule has 0 radical (unpaired) electrons. The SMILES string of the molecule is CCc1ccccc1[N-]Cc1cccc(C[N-]c2ccccc2CC)n1.[Cl][Zr+2][Cl]. The summed E-state index contributed by atoms with van der Waals surface area (Å²) in [5, 5.41) is 9.48. The summed E-state index contributed by atoms with van der Waals surface area (Å²) >= 11 is -0.826. The Bertz CT molecular complexity index is 807. The van der Waals surface area contributed by atoms with Crippen LogP contribution in [0.4, 0.5) is 11.4 Å². The van der Waals surface area contributed by atoms with Crippen molar-refractivity contribution in [3.63, 3.8) is 0 Å². The Kier molecular flexibility index (Phi) is 11.4. The van der Waals surface area contributed by atoms with E-state index in [1.165, 1.54) is 11.1 Å². The van der Waals surface area contributed by atoms with E-state index in [2.05, 4.69) is 50.2 Å². The Morgan fingerprint density at radius 3 is 1.52 bits per heavy atom. The first kappa shape index (κ1) is 23.9. The molecule has 0 aliphatic heterocycles. The average molecular weight is 506 g/mol. The molecule has 0 bridgehead atoms. The van der Waals surface area contributed by atoms with Gasteiger partial charge in [0.2, 0.25) is 0 Å². The van der Waals surface area contributed by atoms with E-state index in [0.29, 0.717) is 13.1 Å². The molecule has 1 heterocycles. The van der Waals surface area contributed by atoms with Gasteiger partial charge in [-0.25, -0.2) is 0 Å². The molecule has 0 aliphatic carbocycles. The topological polar surface area (TPSA) is 41.1 Å². The van der Waals surface area contributed by atoms with Crippen molar-refractivity contribution in [3.8, 4) is 0 Å². The Morgan fingerprint density at radius 2 is 1.10 bits per heavy atom. The number of aryl methyl sites for hydroxylation is 2. The molecule has 6 heteroatoms. The zero-order valence-corrected chi connectivity index (χ0v) is 20.7. The molecule has 29 heavy (non-hydrogen) atoms. The van der Waals surface area contributed by atoms with Crippen molar-refractivity contribution in [2.75, 3.05) is 0 Å². The van der Waals surface area contributed by atoms with Gasteiger partial charge in [-0.15, -0.1) is 11.4 Å². The van der Waals surface area contributed by atoms with E-state index >= 15 is 0 Å². The number of benzene rings is 2. The summed E-state index contributed by atoms with van der Waals surface area (Å²) in [6.07, 6.45) is 1.98. The van der Waals surface area contributed by atoms with Crippen LogP contribution in [-0.2, 0) is 46.8 Å². The third kappa shape index (κ3) is 8.12. The molecule has 0 saturated heterocycles. The van der Waals surface area contributed by atoms with Crippen molar-refractivity contribution in [1.82, 2.24) is 4.98 Å². The van der Waals surface area contributed by atoms with Crippen LogP contribution in [0, 0.1) is 0 Å². The van der Waals surface area contributed by atoms with Gasteiger partial charge < -0.3 is 10.6 Å². The van der Waals surface area contributed by atoms with E-state index in [1.54, 1.807) is 0 Å². The zero-order valence-electron chi connectivity index (χ0n) is 16.8. The summed E-state index contributed by atoms with van der Waals surface area (Å²) in [5.74, 6) is 0.